The van der Waals surface area contributed by atoms with Gasteiger partial charge in [0.15, 0.2) is 5.13 Å². The summed E-state index contributed by atoms with van der Waals surface area (Å²) in [6, 6.07) is 21.0. The number of anilines is 2. The quantitative estimate of drug-likeness (QED) is 0.346. The highest BCUT2D eigenvalue weighted by molar-refractivity contribution is 7.92. The van der Waals surface area contributed by atoms with Crippen molar-refractivity contribution in [3.05, 3.63) is 78.4 Å². The molecule has 1 aromatic heterocycles. The monoisotopic (exact) mass is 536 g/mol. The van der Waals surface area contributed by atoms with E-state index in [1.54, 1.807) is 52.6 Å². The second kappa shape index (κ2) is 10.4. The molecule has 5 rings (SSSR count). The first-order chi connectivity index (χ1) is 17.9. The van der Waals surface area contributed by atoms with Crippen molar-refractivity contribution < 1.29 is 17.9 Å². The molecule has 1 fully saturated rings. The lowest BCUT2D eigenvalue weighted by atomic mass is 10.2. The van der Waals surface area contributed by atoms with E-state index in [0.29, 0.717) is 44.0 Å². The molecule has 0 saturated carbocycles. The number of fused-ring (bicyclic) bond motifs is 1. The van der Waals surface area contributed by atoms with E-state index < -0.39 is 10.0 Å². The molecule has 8 nitrogen and oxygen atoms in total. The van der Waals surface area contributed by atoms with E-state index in [-0.39, 0.29) is 10.8 Å². The molecule has 2 heterocycles. The normalized spacial score (nSPS) is 14.1. The van der Waals surface area contributed by atoms with Gasteiger partial charge in [-0.2, -0.15) is 0 Å². The molecule has 3 aromatic carbocycles. The van der Waals surface area contributed by atoms with Crippen molar-refractivity contribution in [3.8, 4) is 5.75 Å². The van der Waals surface area contributed by atoms with E-state index in [0.717, 1.165) is 21.1 Å². The smallest absolute Gasteiger partial charge is 0.264 e. The van der Waals surface area contributed by atoms with Gasteiger partial charge in [-0.15, -0.1) is 0 Å². The molecule has 0 aliphatic carbocycles. The first kappa shape index (κ1) is 25.0. The van der Waals surface area contributed by atoms with Crippen LogP contribution in [-0.2, 0) is 10.0 Å². The summed E-state index contributed by atoms with van der Waals surface area (Å²) >= 11 is 1.62. The van der Waals surface area contributed by atoms with Gasteiger partial charge in [0.05, 0.1) is 21.9 Å². The van der Waals surface area contributed by atoms with Crippen molar-refractivity contribution >= 4 is 48.3 Å². The number of aromatic nitrogens is 1. The molecular formula is C27H28N4O4S2. The van der Waals surface area contributed by atoms with Crippen LogP contribution < -0.4 is 13.9 Å². The largest absolute Gasteiger partial charge is 0.492 e. The van der Waals surface area contributed by atoms with E-state index in [1.807, 2.05) is 31.2 Å². The molecule has 0 N–H and O–H groups in total. The van der Waals surface area contributed by atoms with Crippen molar-refractivity contribution in [1.82, 2.24) is 9.88 Å². The van der Waals surface area contributed by atoms with Gasteiger partial charge < -0.3 is 14.5 Å². The predicted octanol–water partition coefficient (Wildman–Crippen LogP) is 4.48. The van der Waals surface area contributed by atoms with Gasteiger partial charge in [0, 0.05) is 38.8 Å². The Bertz CT molecular complexity index is 1500. The topological polar surface area (TPSA) is 83.0 Å². The number of para-hydroxylation sites is 2. The number of amides is 1. The number of sulfonamides is 1. The number of thiazole rings is 1. The van der Waals surface area contributed by atoms with Gasteiger partial charge >= 0.3 is 0 Å². The maximum Gasteiger partial charge on any atom is 0.264 e. The highest BCUT2D eigenvalue weighted by Crippen LogP contribution is 2.34. The van der Waals surface area contributed by atoms with Gasteiger partial charge in [-0.25, -0.2) is 13.4 Å². The number of piperazine rings is 1. The third-order valence-electron chi connectivity index (χ3n) is 6.39. The van der Waals surface area contributed by atoms with Gasteiger partial charge in [-0.1, -0.05) is 35.6 Å². The summed E-state index contributed by atoms with van der Waals surface area (Å²) in [4.78, 5) is 22.1. The molecule has 1 amide bonds. The standard InChI is InChI=1S/C27H28N4O4S2/c1-3-35-23-10-7-11-24-25(23)28-27(36-24)31-18-16-30(17-19-31)26(32)20-12-14-22(15-13-20)37(33,34)29(2)21-8-5-4-6-9-21/h4-15H,3,16-19H2,1-2H3. The summed E-state index contributed by atoms with van der Waals surface area (Å²) in [7, 11) is -2.21. The minimum Gasteiger partial charge on any atom is -0.492 e. The molecular weight excluding hydrogens is 508 g/mol. The minimum atomic E-state index is -3.73. The Kier molecular flexibility index (Phi) is 7.03. The Morgan fingerprint density at radius 2 is 1.68 bits per heavy atom. The SMILES string of the molecule is CCOc1cccc2sc(N3CCN(C(=O)c4ccc(S(=O)(=O)N(C)c5ccccc5)cc4)CC3)nc12. The summed E-state index contributed by atoms with van der Waals surface area (Å²) in [6.07, 6.45) is 0. The molecule has 1 saturated heterocycles. The number of hydrogen-bond donors (Lipinski definition) is 0. The highest BCUT2D eigenvalue weighted by atomic mass is 32.2. The second-order valence-corrected chi connectivity index (χ2v) is 11.6. The fourth-order valence-electron chi connectivity index (χ4n) is 4.31. The van der Waals surface area contributed by atoms with Crippen LogP contribution in [0.5, 0.6) is 5.75 Å². The third kappa shape index (κ3) is 4.99. The molecule has 192 valence electrons. The van der Waals surface area contributed by atoms with Crippen molar-refractivity contribution in [2.45, 2.75) is 11.8 Å². The van der Waals surface area contributed by atoms with Gasteiger partial charge in [0.2, 0.25) is 0 Å². The van der Waals surface area contributed by atoms with Crippen LogP contribution in [0.15, 0.2) is 77.7 Å². The maximum atomic E-state index is 13.1. The fraction of sp³-hybridized carbons (Fsp3) is 0.259. The first-order valence-corrected chi connectivity index (χ1v) is 14.3. The third-order valence-corrected chi connectivity index (χ3v) is 9.27. The van der Waals surface area contributed by atoms with Crippen LogP contribution in [0.4, 0.5) is 10.8 Å². The highest BCUT2D eigenvalue weighted by Gasteiger charge is 2.26. The van der Waals surface area contributed by atoms with Gasteiger partial charge in [-0.3, -0.25) is 9.10 Å². The Labute approximate surface area is 220 Å². The summed E-state index contributed by atoms with van der Waals surface area (Å²) in [5.74, 6) is 0.680. The second-order valence-electron chi connectivity index (χ2n) is 8.64. The van der Waals surface area contributed by atoms with Crippen LogP contribution in [-0.4, -0.2) is 64.0 Å². The van der Waals surface area contributed by atoms with Crippen LogP contribution in [0, 0.1) is 0 Å². The number of hydrogen-bond acceptors (Lipinski definition) is 7. The van der Waals surface area contributed by atoms with Gasteiger partial charge in [0.1, 0.15) is 11.3 Å². The average molecular weight is 537 g/mol. The predicted molar refractivity (Wildman–Crippen MR) is 147 cm³/mol. The van der Waals surface area contributed by atoms with Gasteiger partial charge in [0.25, 0.3) is 15.9 Å². The summed E-state index contributed by atoms with van der Waals surface area (Å²) < 4.78 is 34.1. The lowest BCUT2D eigenvalue weighted by molar-refractivity contribution is 0.0746. The van der Waals surface area contributed by atoms with Gasteiger partial charge in [-0.05, 0) is 55.5 Å². The van der Waals surface area contributed by atoms with E-state index in [9.17, 15) is 13.2 Å². The summed E-state index contributed by atoms with van der Waals surface area (Å²) in [6.45, 7) is 5.00. The van der Waals surface area contributed by atoms with E-state index in [4.69, 9.17) is 9.72 Å². The van der Waals surface area contributed by atoms with Crippen molar-refractivity contribution in [2.75, 3.05) is 49.0 Å². The number of rotatable bonds is 7. The fourth-order valence-corrected chi connectivity index (χ4v) is 6.54. The Hall–Kier alpha value is -3.63. The van der Waals surface area contributed by atoms with Crippen molar-refractivity contribution in [3.63, 3.8) is 0 Å². The van der Waals surface area contributed by atoms with E-state index in [1.165, 1.54) is 23.5 Å². The van der Waals surface area contributed by atoms with Crippen LogP contribution in [0.25, 0.3) is 10.2 Å². The zero-order chi connectivity index (χ0) is 26.0. The average Bonchev–Trinajstić information content (AvgIpc) is 3.38. The van der Waals surface area contributed by atoms with Crippen LogP contribution >= 0.6 is 11.3 Å². The Balaban J connectivity index is 1.24. The number of carbonyl (C=O) groups excluding carboxylic acids is 1. The van der Waals surface area contributed by atoms with Crippen LogP contribution in [0.3, 0.4) is 0 Å². The lowest BCUT2D eigenvalue weighted by Crippen LogP contribution is -2.48. The zero-order valence-electron chi connectivity index (χ0n) is 20.7. The number of benzene rings is 3. The molecule has 0 bridgehead atoms. The van der Waals surface area contributed by atoms with Crippen molar-refractivity contribution in [2.24, 2.45) is 0 Å². The maximum absolute atomic E-state index is 13.1. The zero-order valence-corrected chi connectivity index (χ0v) is 22.3. The summed E-state index contributed by atoms with van der Waals surface area (Å²) in [5.41, 5.74) is 1.91. The minimum absolute atomic E-state index is 0.108. The number of carbonyl (C=O) groups is 1. The van der Waals surface area contributed by atoms with Crippen LogP contribution in [0.2, 0.25) is 0 Å². The number of ether oxygens (including phenoxy) is 1. The van der Waals surface area contributed by atoms with Crippen molar-refractivity contribution in [1.29, 1.82) is 0 Å². The molecule has 1 aliphatic heterocycles. The molecule has 1 aliphatic rings. The molecule has 4 aromatic rings. The molecule has 0 spiro atoms. The molecule has 0 radical (unpaired) electrons. The Morgan fingerprint density at radius 3 is 2.35 bits per heavy atom. The number of nitrogens with zero attached hydrogens (tertiary/aromatic N) is 4. The van der Waals surface area contributed by atoms with Crippen LogP contribution in [0.1, 0.15) is 17.3 Å². The Morgan fingerprint density at radius 1 is 0.973 bits per heavy atom. The molecule has 0 unspecified atom stereocenters. The van der Waals surface area contributed by atoms with E-state index in [2.05, 4.69) is 4.90 Å². The lowest BCUT2D eigenvalue weighted by Gasteiger charge is -2.34. The summed E-state index contributed by atoms with van der Waals surface area (Å²) in [5, 5.41) is 0.923. The molecule has 37 heavy (non-hydrogen) atoms. The molecule has 10 heteroatoms. The van der Waals surface area contributed by atoms with E-state index >= 15 is 0 Å². The molecule has 0 atom stereocenters. The first-order valence-electron chi connectivity index (χ1n) is 12.1.